The Balaban J connectivity index is 1.77. The summed E-state index contributed by atoms with van der Waals surface area (Å²) in [7, 11) is 1.44. The van der Waals surface area contributed by atoms with Crippen molar-refractivity contribution >= 4 is 11.6 Å². The number of hydrogen-bond donors (Lipinski definition) is 0. The van der Waals surface area contributed by atoms with Crippen LogP contribution >= 0.6 is 0 Å². The van der Waals surface area contributed by atoms with E-state index in [4.69, 9.17) is 14.3 Å². The molecule has 3 rings (SSSR count). The van der Waals surface area contributed by atoms with E-state index < -0.39 is 6.29 Å². The summed E-state index contributed by atoms with van der Waals surface area (Å²) in [5.74, 6) is 0.171. The number of fused-ring (bicyclic) bond motifs is 1. The van der Waals surface area contributed by atoms with Gasteiger partial charge in [0, 0.05) is 0 Å². The number of hydroxylamine groups is 1. The van der Waals surface area contributed by atoms with Gasteiger partial charge in [0.1, 0.15) is 11.4 Å². The molecule has 0 saturated heterocycles. The molecule has 0 aromatic heterocycles. The number of carbonyl (C=O) groups is 1. The molecule has 2 aromatic rings. The average molecular weight is 285 g/mol. The molecule has 0 saturated carbocycles. The predicted octanol–water partition coefficient (Wildman–Crippen LogP) is 2.52. The first kappa shape index (κ1) is 13.6. The second-order valence-corrected chi connectivity index (χ2v) is 4.53. The van der Waals surface area contributed by atoms with Crippen LogP contribution in [0.4, 0.5) is 5.69 Å². The normalized spacial score (nSPS) is 17.3. The van der Waals surface area contributed by atoms with Crippen LogP contribution in [0, 0.1) is 0 Å². The van der Waals surface area contributed by atoms with Gasteiger partial charge < -0.3 is 9.47 Å². The zero-order valence-electron chi connectivity index (χ0n) is 11.6. The number of benzene rings is 2. The van der Waals surface area contributed by atoms with Crippen LogP contribution in [0.2, 0.25) is 0 Å². The maximum Gasteiger partial charge on any atom is 0.320 e. The zero-order valence-corrected chi connectivity index (χ0v) is 11.6. The molecule has 5 nitrogen and oxygen atoms in total. The lowest BCUT2D eigenvalue weighted by Gasteiger charge is -2.31. The first-order valence-electron chi connectivity index (χ1n) is 6.59. The summed E-state index contributed by atoms with van der Waals surface area (Å²) < 4.78 is 11.2. The second-order valence-electron chi connectivity index (χ2n) is 4.53. The summed E-state index contributed by atoms with van der Waals surface area (Å²) in [5, 5.41) is 1.19. The Morgan fingerprint density at radius 1 is 1.10 bits per heavy atom. The fourth-order valence-corrected chi connectivity index (χ4v) is 2.14. The molecule has 0 bridgehead atoms. The Morgan fingerprint density at radius 3 is 2.57 bits per heavy atom. The number of anilines is 1. The van der Waals surface area contributed by atoms with E-state index in [-0.39, 0.29) is 12.5 Å². The van der Waals surface area contributed by atoms with Crippen molar-refractivity contribution in [3.8, 4) is 5.75 Å². The van der Waals surface area contributed by atoms with Crippen molar-refractivity contribution in [1.82, 2.24) is 0 Å². The number of para-hydroxylation sites is 2. The van der Waals surface area contributed by atoms with Gasteiger partial charge >= 0.3 is 5.91 Å². The van der Waals surface area contributed by atoms with Crippen LogP contribution < -0.4 is 9.80 Å². The van der Waals surface area contributed by atoms with Crippen molar-refractivity contribution in [3.05, 3.63) is 60.2 Å². The number of amides is 1. The molecule has 21 heavy (non-hydrogen) atoms. The highest BCUT2D eigenvalue weighted by molar-refractivity contribution is 5.97. The predicted molar refractivity (Wildman–Crippen MR) is 76.6 cm³/mol. The van der Waals surface area contributed by atoms with Gasteiger partial charge in [-0.2, -0.15) is 5.06 Å². The highest BCUT2D eigenvalue weighted by Gasteiger charge is 2.35. The van der Waals surface area contributed by atoms with Crippen molar-refractivity contribution in [2.24, 2.45) is 0 Å². The van der Waals surface area contributed by atoms with Gasteiger partial charge in [0.25, 0.3) is 6.29 Å². The SMILES string of the molecule is CON1C(=O)C(OCc2ccccc2)Oc2ccccc21. The van der Waals surface area contributed by atoms with E-state index in [1.807, 2.05) is 42.5 Å². The van der Waals surface area contributed by atoms with Gasteiger partial charge in [-0.25, -0.2) is 0 Å². The quantitative estimate of drug-likeness (QED) is 0.866. The summed E-state index contributed by atoms with van der Waals surface area (Å²) in [5.41, 5.74) is 1.54. The topological polar surface area (TPSA) is 48.0 Å². The molecular weight excluding hydrogens is 270 g/mol. The van der Waals surface area contributed by atoms with E-state index in [9.17, 15) is 4.79 Å². The van der Waals surface area contributed by atoms with Gasteiger partial charge in [0.15, 0.2) is 0 Å². The third-order valence-corrected chi connectivity index (χ3v) is 3.15. The van der Waals surface area contributed by atoms with E-state index in [2.05, 4.69) is 0 Å². The van der Waals surface area contributed by atoms with Gasteiger partial charge in [-0.3, -0.25) is 9.63 Å². The highest BCUT2D eigenvalue weighted by Crippen LogP contribution is 2.34. The molecule has 0 N–H and O–H groups in total. The fourth-order valence-electron chi connectivity index (χ4n) is 2.14. The highest BCUT2D eigenvalue weighted by atomic mass is 16.7. The number of rotatable bonds is 4. The average Bonchev–Trinajstić information content (AvgIpc) is 2.54. The molecule has 2 aromatic carbocycles. The lowest BCUT2D eigenvalue weighted by atomic mass is 10.2. The van der Waals surface area contributed by atoms with Crippen molar-refractivity contribution in [1.29, 1.82) is 0 Å². The molecule has 0 radical (unpaired) electrons. The van der Waals surface area contributed by atoms with Crippen LogP contribution in [0.5, 0.6) is 5.75 Å². The Hall–Kier alpha value is -2.37. The standard InChI is InChI=1S/C16H15NO4/c1-19-17-13-9-5-6-10-14(13)21-16(15(17)18)20-11-12-7-3-2-4-8-12/h2-10,16H,11H2,1H3. The molecule has 1 heterocycles. The summed E-state index contributed by atoms with van der Waals surface area (Å²) in [6.07, 6.45) is -1.01. The Kier molecular flexibility index (Phi) is 3.85. The minimum absolute atomic E-state index is 0.289. The van der Waals surface area contributed by atoms with Crippen LogP contribution in [0.25, 0.3) is 0 Å². The molecule has 1 atom stereocenters. The fraction of sp³-hybridized carbons (Fsp3) is 0.188. The largest absolute Gasteiger partial charge is 0.453 e. The zero-order chi connectivity index (χ0) is 14.7. The van der Waals surface area contributed by atoms with Gasteiger partial charge in [-0.05, 0) is 17.7 Å². The molecule has 1 amide bonds. The van der Waals surface area contributed by atoms with E-state index >= 15 is 0 Å². The van der Waals surface area contributed by atoms with Crippen molar-refractivity contribution in [2.45, 2.75) is 12.9 Å². The number of carbonyl (C=O) groups excluding carboxylic acids is 1. The third-order valence-electron chi connectivity index (χ3n) is 3.15. The maximum absolute atomic E-state index is 12.3. The molecule has 0 fully saturated rings. The summed E-state index contributed by atoms with van der Waals surface area (Å²) in [6.45, 7) is 0.289. The van der Waals surface area contributed by atoms with E-state index in [1.165, 1.54) is 12.2 Å². The van der Waals surface area contributed by atoms with Crippen LogP contribution in [0.3, 0.4) is 0 Å². The third kappa shape index (κ3) is 2.74. The van der Waals surface area contributed by atoms with Crippen LogP contribution in [-0.2, 0) is 21.0 Å². The van der Waals surface area contributed by atoms with Crippen LogP contribution in [0.1, 0.15) is 5.56 Å². The lowest BCUT2D eigenvalue weighted by Crippen LogP contribution is -2.46. The van der Waals surface area contributed by atoms with E-state index in [0.29, 0.717) is 11.4 Å². The smallest absolute Gasteiger partial charge is 0.320 e. The lowest BCUT2D eigenvalue weighted by molar-refractivity contribution is -0.161. The Bertz CT molecular complexity index is 629. The summed E-state index contributed by atoms with van der Waals surface area (Å²) >= 11 is 0. The number of ether oxygens (including phenoxy) is 2. The van der Waals surface area contributed by atoms with Gasteiger partial charge in [-0.1, -0.05) is 42.5 Å². The van der Waals surface area contributed by atoms with Crippen LogP contribution in [-0.4, -0.2) is 19.3 Å². The van der Waals surface area contributed by atoms with Gasteiger partial charge in [-0.15, -0.1) is 0 Å². The molecule has 0 aliphatic carbocycles. The maximum atomic E-state index is 12.3. The van der Waals surface area contributed by atoms with E-state index in [1.54, 1.807) is 12.1 Å². The van der Waals surface area contributed by atoms with Crippen molar-refractivity contribution in [3.63, 3.8) is 0 Å². The monoisotopic (exact) mass is 285 g/mol. The Labute approximate surface area is 122 Å². The minimum Gasteiger partial charge on any atom is -0.453 e. The molecule has 108 valence electrons. The number of nitrogens with zero attached hydrogens (tertiary/aromatic N) is 1. The van der Waals surface area contributed by atoms with Gasteiger partial charge in [0.05, 0.1) is 13.7 Å². The molecule has 1 aliphatic heterocycles. The van der Waals surface area contributed by atoms with Crippen molar-refractivity contribution < 1.29 is 19.1 Å². The second kappa shape index (κ2) is 5.95. The molecular formula is C16H15NO4. The first-order valence-corrected chi connectivity index (χ1v) is 6.59. The molecule has 1 unspecified atom stereocenters. The van der Waals surface area contributed by atoms with Crippen molar-refractivity contribution in [2.75, 3.05) is 12.2 Å². The molecule has 1 aliphatic rings. The van der Waals surface area contributed by atoms with E-state index in [0.717, 1.165) is 5.56 Å². The first-order chi connectivity index (χ1) is 10.3. The Morgan fingerprint density at radius 2 is 1.81 bits per heavy atom. The molecule has 0 spiro atoms. The summed E-state index contributed by atoms with van der Waals surface area (Å²) in [6, 6.07) is 16.8. The molecule has 5 heteroatoms. The number of hydrogen-bond acceptors (Lipinski definition) is 4. The van der Waals surface area contributed by atoms with Crippen LogP contribution in [0.15, 0.2) is 54.6 Å². The summed E-state index contributed by atoms with van der Waals surface area (Å²) in [4.78, 5) is 17.4. The minimum atomic E-state index is -1.01. The van der Waals surface area contributed by atoms with Gasteiger partial charge in [0.2, 0.25) is 0 Å².